The number of hydrogen-bond donors (Lipinski definition) is 3. The summed E-state index contributed by atoms with van der Waals surface area (Å²) in [4.78, 5) is 48.5. The highest BCUT2D eigenvalue weighted by atomic mass is 16.4. The van der Waals surface area contributed by atoms with Crippen molar-refractivity contribution in [2.45, 2.75) is 18.9 Å². The van der Waals surface area contributed by atoms with Gasteiger partial charge in [0, 0.05) is 26.7 Å². The number of nitrogens with zero attached hydrogens (tertiary/aromatic N) is 3. The lowest BCUT2D eigenvalue weighted by molar-refractivity contribution is -0.139. The quantitative estimate of drug-likeness (QED) is 0.542. The van der Waals surface area contributed by atoms with Crippen LogP contribution in [-0.2, 0) is 23.7 Å². The number of aromatic nitrogens is 2. The maximum atomic E-state index is 11.9. The van der Waals surface area contributed by atoms with E-state index >= 15 is 0 Å². The molecule has 120 valence electrons. The number of aromatic hydroxyl groups is 1. The van der Waals surface area contributed by atoms with Crippen LogP contribution in [0.1, 0.15) is 18.4 Å². The standard InChI is InChI=1S/C12H15N3O7/c1-14-9(18)6(10(19)15(2)12(14)22)5-13-7(11(20)21)3-4-8(16)17/h5,7,18H,3-4H2,1-2H3,(H,16,17)(H,20,21)/t7-/m1/s1. The average Bonchev–Trinajstić information content (AvgIpc) is 2.45. The van der Waals surface area contributed by atoms with Crippen molar-refractivity contribution in [1.82, 2.24) is 9.13 Å². The number of carbonyl (C=O) groups is 2. The van der Waals surface area contributed by atoms with Crippen LogP contribution < -0.4 is 11.2 Å². The van der Waals surface area contributed by atoms with E-state index in [9.17, 15) is 24.3 Å². The molecule has 1 aromatic heterocycles. The van der Waals surface area contributed by atoms with E-state index in [1.54, 1.807) is 0 Å². The molecule has 0 aromatic carbocycles. The molecule has 0 amide bonds. The summed E-state index contributed by atoms with van der Waals surface area (Å²) in [5.74, 6) is -3.19. The predicted octanol–water partition coefficient (Wildman–Crippen LogP) is -1.47. The van der Waals surface area contributed by atoms with Gasteiger partial charge in [-0.3, -0.25) is 23.7 Å². The molecule has 1 heterocycles. The van der Waals surface area contributed by atoms with Gasteiger partial charge in [-0.2, -0.15) is 0 Å². The van der Waals surface area contributed by atoms with Gasteiger partial charge >= 0.3 is 17.6 Å². The monoisotopic (exact) mass is 313 g/mol. The molecular weight excluding hydrogens is 298 g/mol. The molecule has 22 heavy (non-hydrogen) atoms. The minimum absolute atomic E-state index is 0.270. The molecular formula is C12H15N3O7. The molecule has 0 aliphatic rings. The number of rotatable bonds is 6. The largest absolute Gasteiger partial charge is 0.494 e. The Kier molecular flexibility index (Phi) is 5.22. The fourth-order valence-electron chi connectivity index (χ4n) is 1.66. The zero-order chi connectivity index (χ0) is 17.0. The van der Waals surface area contributed by atoms with E-state index in [0.717, 1.165) is 15.3 Å². The molecule has 0 aliphatic carbocycles. The SMILES string of the molecule is Cn1c(O)c(C=N[C@H](CCC(=O)O)C(=O)O)c(=O)n(C)c1=O. The maximum absolute atomic E-state index is 11.9. The second-order valence-corrected chi connectivity index (χ2v) is 4.51. The van der Waals surface area contributed by atoms with E-state index in [4.69, 9.17) is 10.2 Å². The fraction of sp³-hybridized carbons (Fsp3) is 0.417. The molecule has 1 atom stereocenters. The highest BCUT2D eigenvalue weighted by Gasteiger charge is 2.18. The molecule has 0 radical (unpaired) electrons. The molecule has 0 saturated heterocycles. The van der Waals surface area contributed by atoms with Gasteiger partial charge in [-0.15, -0.1) is 0 Å². The van der Waals surface area contributed by atoms with Gasteiger partial charge in [0.2, 0.25) is 5.88 Å². The van der Waals surface area contributed by atoms with Crippen LogP contribution in [0.3, 0.4) is 0 Å². The fourth-order valence-corrected chi connectivity index (χ4v) is 1.66. The summed E-state index contributed by atoms with van der Waals surface area (Å²) in [7, 11) is 2.42. The van der Waals surface area contributed by atoms with Crippen LogP contribution in [0.25, 0.3) is 0 Å². The van der Waals surface area contributed by atoms with E-state index in [1.807, 2.05) is 0 Å². The first kappa shape index (κ1) is 17.1. The minimum Gasteiger partial charge on any atom is -0.494 e. The summed E-state index contributed by atoms with van der Waals surface area (Å²) in [5.41, 5.74) is -1.95. The zero-order valence-corrected chi connectivity index (χ0v) is 11.9. The third kappa shape index (κ3) is 3.59. The van der Waals surface area contributed by atoms with Crippen molar-refractivity contribution in [3.63, 3.8) is 0 Å². The first-order valence-corrected chi connectivity index (χ1v) is 6.13. The van der Waals surface area contributed by atoms with Crippen LogP contribution in [0.15, 0.2) is 14.6 Å². The molecule has 0 spiro atoms. The van der Waals surface area contributed by atoms with Crippen LogP contribution in [0, 0.1) is 0 Å². The molecule has 10 nitrogen and oxygen atoms in total. The Hall–Kier alpha value is -2.91. The summed E-state index contributed by atoms with van der Waals surface area (Å²) in [6, 6.07) is -1.38. The lowest BCUT2D eigenvalue weighted by Gasteiger charge is -2.08. The maximum Gasteiger partial charge on any atom is 0.333 e. The Bertz CT molecular complexity index is 744. The van der Waals surface area contributed by atoms with Gasteiger partial charge in [-0.25, -0.2) is 9.59 Å². The smallest absolute Gasteiger partial charge is 0.333 e. The van der Waals surface area contributed by atoms with Gasteiger partial charge in [0.25, 0.3) is 5.56 Å². The number of carboxylic acids is 2. The van der Waals surface area contributed by atoms with Crippen molar-refractivity contribution in [2.24, 2.45) is 19.1 Å². The minimum atomic E-state index is -1.38. The first-order chi connectivity index (χ1) is 10.2. The number of aliphatic imine (C=N–C) groups is 1. The van der Waals surface area contributed by atoms with Crippen molar-refractivity contribution in [3.05, 3.63) is 26.4 Å². The molecule has 1 rings (SSSR count). The summed E-state index contributed by atoms with van der Waals surface area (Å²) in [6.45, 7) is 0. The normalized spacial score (nSPS) is 12.5. The predicted molar refractivity (Wildman–Crippen MR) is 74.5 cm³/mol. The summed E-state index contributed by atoms with van der Waals surface area (Å²) in [5, 5.41) is 27.3. The third-order valence-corrected chi connectivity index (χ3v) is 2.97. The molecule has 0 bridgehead atoms. The summed E-state index contributed by atoms with van der Waals surface area (Å²) >= 11 is 0. The lowest BCUT2D eigenvalue weighted by atomic mass is 10.1. The van der Waals surface area contributed by atoms with Crippen molar-refractivity contribution in [1.29, 1.82) is 0 Å². The zero-order valence-electron chi connectivity index (χ0n) is 11.9. The first-order valence-electron chi connectivity index (χ1n) is 6.13. The van der Waals surface area contributed by atoms with E-state index < -0.39 is 41.5 Å². The summed E-state index contributed by atoms with van der Waals surface area (Å²) < 4.78 is 1.53. The van der Waals surface area contributed by atoms with Gasteiger partial charge in [0.15, 0.2) is 0 Å². The van der Waals surface area contributed by atoms with Crippen LogP contribution in [-0.4, -0.2) is 48.6 Å². The Morgan fingerprint density at radius 2 is 1.82 bits per heavy atom. The second kappa shape index (κ2) is 6.70. The highest BCUT2D eigenvalue weighted by molar-refractivity contribution is 5.85. The Morgan fingerprint density at radius 1 is 1.23 bits per heavy atom. The Morgan fingerprint density at radius 3 is 2.32 bits per heavy atom. The number of carboxylic acid groups (broad SMARTS) is 2. The molecule has 0 unspecified atom stereocenters. The molecule has 0 aliphatic heterocycles. The highest BCUT2D eigenvalue weighted by Crippen LogP contribution is 2.08. The van der Waals surface area contributed by atoms with E-state index in [2.05, 4.69) is 4.99 Å². The van der Waals surface area contributed by atoms with E-state index in [0.29, 0.717) is 0 Å². The molecule has 1 aromatic rings. The van der Waals surface area contributed by atoms with Crippen LogP contribution in [0.5, 0.6) is 5.88 Å². The van der Waals surface area contributed by atoms with E-state index in [1.165, 1.54) is 14.1 Å². The van der Waals surface area contributed by atoms with Crippen molar-refractivity contribution in [3.8, 4) is 5.88 Å². The van der Waals surface area contributed by atoms with Crippen LogP contribution in [0.4, 0.5) is 0 Å². The van der Waals surface area contributed by atoms with Gasteiger partial charge in [0.05, 0.1) is 0 Å². The van der Waals surface area contributed by atoms with Gasteiger partial charge < -0.3 is 15.3 Å². The van der Waals surface area contributed by atoms with E-state index in [-0.39, 0.29) is 12.0 Å². The topological polar surface area (TPSA) is 151 Å². The van der Waals surface area contributed by atoms with Crippen molar-refractivity contribution >= 4 is 18.2 Å². The lowest BCUT2D eigenvalue weighted by Crippen LogP contribution is -2.38. The van der Waals surface area contributed by atoms with Crippen LogP contribution >= 0.6 is 0 Å². The van der Waals surface area contributed by atoms with Gasteiger partial charge in [-0.05, 0) is 6.42 Å². The Balaban J connectivity index is 3.22. The molecule has 10 heteroatoms. The second-order valence-electron chi connectivity index (χ2n) is 4.51. The average molecular weight is 313 g/mol. The number of aliphatic carboxylic acids is 2. The van der Waals surface area contributed by atoms with Gasteiger partial charge in [-0.1, -0.05) is 0 Å². The Labute approximate surface area is 123 Å². The van der Waals surface area contributed by atoms with Crippen LogP contribution in [0.2, 0.25) is 0 Å². The molecule has 0 fully saturated rings. The van der Waals surface area contributed by atoms with Crippen molar-refractivity contribution < 1.29 is 24.9 Å². The molecule has 0 saturated carbocycles. The van der Waals surface area contributed by atoms with Crippen molar-refractivity contribution in [2.75, 3.05) is 0 Å². The summed E-state index contributed by atoms with van der Waals surface area (Å²) in [6.07, 6.45) is 0.150. The number of hydrogen-bond acceptors (Lipinski definition) is 6. The third-order valence-electron chi connectivity index (χ3n) is 2.97. The molecule has 3 N–H and O–H groups in total. The van der Waals surface area contributed by atoms with Gasteiger partial charge in [0.1, 0.15) is 11.6 Å².